The Kier molecular flexibility index (Phi) is 10.1. The average molecular weight is 445 g/mol. The number of rotatable bonds is 13. The lowest BCUT2D eigenvalue weighted by Crippen LogP contribution is -2.57. The van der Waals surface area contributed by atoms with E-state index in [1.807, 2.05) is 30.3 Å². The van der Waals surface area contributed by atoms with Gasteiger partial charge in [-0.05, 0) is 57.2 Å². The summed E-state index contributed by atoms with van der Waals surface area (Å²) in [6, 6.07) is 10.6. The molecule has 1 aromatic rings. The van der Waals surface area contributed by atoms with Crippen LogP contribution < -0.4 is 11.1 Å². The Morgan fingerprint density at radius 1 is 1.28 bits per heavy atom. The van der Waals surface area contributed by atoms with Gasteiger partial charge in [-0.25, -0.2) is 0 Å². The predicted octanol–water partition coefficient (Wildman–Crippen LogP) is 3.23. The number of aliphatic imine (C=N–C) groups is 1. The van der Waals surface area contributed by atoms with Crippen molar-refractivity contribution in [1.82, 2.24) is 10.2 Å². The van der Waals surface area contributed by atoms with Gasteiger partial charge in [0.25, 0.3) is 0 Å². The summed E-state index contributed by atoms with van der Waals surface area (Å²) in [6.45, 7) is 5.30. The van der Waals surface area contributed by atoms with E-state index >= 15 is 0 Å². The number of para-hydroxylation sites is 1. The third-order valence-electron chi connectivity index (χ3n) is 6.10. The number of hydrogen-bond donors (Lipinski definition) is 2. The minimum Gasteiger partial charge on any atom is -0.401 e. The molecule has 7 nitrogen and oxygen atoms in total. The second-order valence-corrected chi connectivity index (χ2v) is 8.63. The van der Waals surface area contributed by atoms with Gasteiger partial charge >= 0.3 is 0 Å². The van der Waals surface area contributed by atoms with E-state index in [0.717, 1.165) is 56.1 Å². The highest BCUT2D eigenvalue weighted by atomic mass is 16.5. The van der Waals surface area contributed by atoms with Crippen molar-refractivity contribution in [2.75, 3.05) is 40.5 Å². The van der Waals surface area contributed by atoms with Crippen LogP contribution in [0.15, 0.2) is 47.1 Å². The molecule has 1 aliphatic carbocycles. The number of hydrogen-bond acceptors (Lipinski definition) is 7. The molecule has 1 saturated heterocycles. The molecule has 1 aromatic carbocycles. The average Bonchev–Trinajstić information content (AvgIpc) is 3.66. The fourth-order valence-electron chi connectivity index (χ4n) is 4.22. The molecule has 3 rings (SSSR count). The van der Waals surface area contributed by atoms with Crippen LogP contribution in [0.25, 0.3) is 0 Å². The van der Waals surface area contributed by atoms with E-state index in [1.54, 1.807) is 14.2 Å². The number of nitrogens with zero attached hydrogens (tertiary/aromatic N) is 2. The van der Waals surface area contributed by atoms with Crippen LogP contribution in [0.5, 0.6) is 0 Å². The SMILES string of the molecule is COCCCCC(C=C(N)[C@H](C)N(C1CC1)C(OC)[C@H]1CNCCO1)=Nc1ccccc1. The Morgan fingerprint density at radius 2 is 2.06 bits per heavy atom. The van der Waals surface area contributed by atoms with Gasteiger partial charge in [-0.1, -0.05) is 18.2 Å². The summed E-state index contributed by atoms with van der Waals surface area (Å²) in [5.41, 5.74) is 9.44. The first-order valence-corrected chi connectivity index (χ1v) is 11.8. The highest BCUT2D eigenvalue weighted by Gasteiger charge is 2.42. The van der Waals surface area contributed by atoms with Gasteiger partial charge in [0, 0.05) is 57.4 Å². The van der Waals surface area contributed by atoms with Crippen molar-refractivity contribution in [1.29, 1.82) is 0 Å². The van der Waals surface area contributed by atoms with E-state index < -0.39 is 0 Å². The highest BCUT2D eigenvalue weighted by molar-refractivity contribution is 5.97. The summed E-state index contributed by atoms with van der Waals surface area (Å²) < 4.78 is 17.2. The van der Waals surface area contributed by atoms with Crippen LogP contribution >= 0.6 is 0 Å². The van der Waals surface area contributed by atoms with Crippen molar-refractivity contribution < 1.29 is 14.2 Å². The van der Waals surface area contributed by atoms with Gasteiger partial charge in [0.2, 0.25) is 0 Å². The summed E-state index contributed by atoms with van der Waals surface area (Å²) in [5.74, 6) is 0. The smallest absolute Gasteiger partial charge is 0.138 e. The molecule has 1 unspecified atom stereocenters. The van der Waals surface area contributed by atoms with Gasteiger partial charge in [-0.2, -0.15) is 0 Å². The number of morpholine rings is 1. The quantitative estimate of drug-likeness (QED) is 0.276. The molecule has 0 spiro atoms. The zero-order valence-electron chi connectivity index (χ0n) is 19.8. The van der Waals surface area contributed by atoms with E-state index in [4.69, 9.17) is 24.9 Å². The van der Waals surface area contributed by atoms with Crippen LogP contribution in [0.3, 0.4) is 0 Å². The normalized spacial score (nSPS) is 22.2. The fourth-order valence-corrected chi connectivity index (χ4v) is 4.22. The first-order valence-electron chi connectivity index (χ1n) is 11.8. The molecule has 2 aliphatic rings. The van der Waals surface area contributed by atoms with Crippen molar-refractivity contribution in [2.24, 2.45) is 10.7 Å². The summed E-state index contributed by atoms with van der Waals surface area (Å²) in [4.78, 5) is 7.29. The number of nitrogens with one attached hydrogen (secondary N) is 1. The molecular weight excluding hydrogens is 404 g/mol. The maximum absolute atomic E-state index is 6.69. The molecular formula is C25H40N4O3. The molecule has 1 aliphatic heterocycles. The lowest BCUT2D eigenvalue weighted by Gasteiger charge is -2.41. The molecule has 7 heteroatoms. The van der Waals surface area contributed by atoms with Crippen LogP contribution in [-0.2, 0) is 14.2 Å². The molecule has 2 fully saturated rings. The minimum atomic E-state index is -0.131. The zero-order chi connectivity index (χ0) is 22.8. The van der Waals surface area contributed by atoms with Gasteiger partial charge in [0.05, 0.1) is 12.3 Å². The summed E-state index contributed by atoms with van der Waals surface area (Å²) >= 11 is 0. The van der Waals surface area contributed by atoms with Crippen molar-refractivity contribution in [3.63, 3.8) is 0 Å². The Balaban J connectivity index is 1.78. The predicted molar refractivity (Wildman–Crippen MR) is 129 cm³/mol. The molecule has 0 amide bonds. The monoisotopic (exact) mass is 444 g/mol. The first kappa shape index (κ1) is 24.9. The number of nitrogens with two attached hydrogens (primary N) is 1. The summed E-state index contributed by atoms with van der Waals surface area (Å²) in [7, 11) is 3.51. The lowest BCUT2D eigenvalue weighted by molar-refractivity contribution is -0.147. The van der Waals surface area contributed by atoms with Crippen LogP contribution in [0, 0.1) is 0 Å². The standard InChI is InChI=1S/C25H40N4O3/c1-19(29(22-12-13-22)25(31-3)24-18-27-14-16-32-24)23(26)17-21(11-7-8-15-30-2)28-20-9-5-4-6-10-20/h4-6,9-10,17,19,22,24-25,27H,7-8,11-16,18,26H2,1-3H3/t19-,24+,25?/m0/s1. The second kappa shape index (κ2) is 13.1. The Hall–Kier alpha value is -1.77. The van der Waals surface area contributed by atoms with Crippen LogP contribution in [0.1, 0.15) is 39.0 Å². The van der Waals surface area contributed by atoms with Crippen LogP contribution in [0.4, 0.5) is 5.69 Å². The molecule has 0 aromatic heterocycles. The molecule has 0 bridgehead atoms. The van der Waals surface area contributed by atoms with Gasteiger partial charge in [-0.3, -0.25) is 9.89 Å². The van der Waals surface area contributed by atoms with Gasteiger partial charge < -0.3 is 25.3 Å². The molecule has 0 radical (unpaired) electrons. The summed E-state index contributed by atoms with van der Waals surface area (Å²) in [5, 5.41) is 3.42. The maximum Gasteiger partial charge on any atom is 0.138 e. The molecule has 3 N–H and O–H groups in total. The van der Waals surface area contributed by atoms with Crippen LogP contribution in [-0.4, -0.2) is 75.6 Å². The fraction of sp³-hybridized carbons (Fsp3) is 0.640. The Labute approximate surface area is 193 Å². The third-order valence-corrected chi connectivity index (χ3v) is 6.10. The molecule has 1 heterocycles. The largest absolute Gasteiger partial charge is 0.401 e. The molecule has 32 heavy (non-hydrogen) atoms. The van der Waals surface area contributed by atoms with E-state index in [1.165, 1.54) is 12.8 Å². The summed E-state index contributed by atoms with van der Waals surface area (Å²) in [6.07, 6.45) is 7.13. The lowest BCUT2D eigenvalue weighted by atomic mass is 10.1. The van der Waals surface area contributed by atoms with Crippen molar-refractivity contribution in [3.05, 3.63) is 42.1 Å². The topological polar surface area (TPSA) is 81.3 Å². The van der Waals surface area contributed by atoms with Crippen LogP contribution in [0.2, 0.25) is 0 Å². The first-order chi connectivity index (χ1) is 15.6. The van der Waals surface area contributed by atoms with Gasteiger partial charge in [0.1, 0.15) is 12.3 Å². The van der Waals surface area contributed by atoms with E-state index in [2.05, 4.69) is 23.2 Å². The van der Waals surface area contributed by atoms with E-state index in [9.17, 15) is 0 Å². The minimum absolute atomic E-state index is 0.00361. The zero-order valence-corrected chi connectivity index (χ0v) is 19.8. The molecule has 178 valence electrons. The molecule has 3 atom stereocenters. The van der Waals surface area contributed by atoms with E-state index in [0.29, 0.717) is 12.6 Å². The maximum atomic E-state index is 6.69. The third kappa shape index (κ3) is 7.39. The highest BCUT2D eigenvalue weighted by Crippen LogP contribution is 2.33. The number of unbranched alkanes of at least 4 members (excludes halogenated alkanes) is 1. The van der Waals surface area contributed by atoms with Crippen molar-refractivity contribution in [2.45, 2.75) is 63.4 Å². The Morgan fingerprint density at radius 3 is 2.69 bits per heavy atom. The number of benzene rings is 1. The Bertz CT molecular complexity index is 730. The number of methoxy groups -OCH3 is 2. The number of allylic oxidation sites excluding steroid dienone is 1. The second-order valence-electron chi connectivity index (χ2n) is 8.63. The van der Waals surface area contributed by atoms with Gasteiger partial charge in [-0.15, -0.1) is 0 Å². The van der Waals surface area contributed by atoms with Crippen molar-refractivity contribution >= 4 is 11.4 Å². The van der Waals surface area contributed by atoms with E-state index in [-0.39, 0.29) is 18.4 Å². The van der Waals surface area contributed by atoms with Gasteiger partial charge in [0.15, 0.2) is 0 Å². The molecule has 1 saturated carbocycles. The number of ether oxygens (including phenoxy) is 3. The van der Waals surface area contributed by atoms with Crippen molar-refractivity contribution in [3.8, 4) is 0 Å².